The monoisotopic (exact) mass is 295 g/mol. The highest BCUT2D eigenvalue weighted by molar-refractivity contribution is 7.10. The molecule has 5 nitrogen and oxygen atoms in total. The smallest absolute Gasteiger partial charge is 0.371 e. The average Bonchev–Trinajstić information content (AvgIpc) is 3.12. The lowest BCUT2D eigenvalue weighted by Gasteiger charge is -2.31. The maximum atomic E-state index is 12.3. The Kier molecular flexibility index (Phi) is 2.89. The molecule has 1 N–H and O–H groups in total. The van der Waals surface area contributed by atoms with Crippen molar-refractivity contribution in [3.8, 4) is 0 Å². The van der Waals surface area contributed by atoms with Crippen molar-refractivity contribution in [2.75, 3.05) is 0 Å². The van der Waals surface area contributed by atoms with Crippen LogP contribution in [-0.4, -0.2) is 17.5 Å². The largest absolute Gasteiger partial charge is 0.429 e. The van der Waals surface area contributed by atoms with Crippen LogP contribution in [0.3, 0.4) is 0 Å². The SMILES string of the molecule is O=C1OC2(CCCCC2)O[C@@]12C[C@H](c1cccs1)NO2. The number of nitrogens with one attached hydrogen (secondary N) is 1. The second-order valence-electron chi connectivity index (χ2n) is 5.71. The second-order valence-corrected chi connectivity index (χ2v) is 6.69. The molecular formula is C14H17NO4S. The molecule has 1 aromatic rings. The summed E-state index contributed by atoms with van der Waals surface area (Å²) in [6.07, 6.45) is 5.25. The maximum Gasteiger partial charge on any atom is 0.371 e. The Hall–Kier alpha value is -0.950. The first-order valence-electron chi connectivity index (χ1n) is 7.12. The van der Waals surface area contributed by atoms with Gasteiger partial charge in [0.2, 0.25) is 5.79 Å². The predicted molar refractivity (Wildman–Crippen MR) is 71.6 cm³/mol. The summed E-state index contributed by atoms with van der Waals surface area (Å²) < 4.78 is 11.6. The van der Waals surface area contributed by atoms with E-state index < -0.39 is 11.6 Å². The van der Waals surface area contributed by atoms with E-state index in [2.05, 4.69) is 5.48 Å². The molecule has 1 aromatic heterocycles. The van der Waals surface area contributed by atoms with Gasteiger partial charge in [-0.25, -0.2) is 4.79 Å². The summed E-state index contributed by atoms with van der Waals surface area (Å²) in [6.45, 7) is 0. The minimum Gasteiger partial charge on any atom is -0.429 e. The third kappa shape index (κ3) is 1.90. The molecule has 20 heavy (non-hydrogen) atoms. The second kappa shape index (κ2) is 4.53. The Morgan fingerprint density at radius 1 is 1.30 bits per heavy atom. The van der Waals surface area contributed by atoms with Crippen LogP contribution in [-0.2, 0) is 19.1 Å². The molecule has 3 heterocycles. The number of hydrogen-bond acceptors (Lipinski definition) is 6. The molecule has 3 fully saturated rings. The minimum atomic E-state index is -1.26. The van der Waals surface area contributed by atoms with Gasteiger partial charge in [-0.2, -0.15) is 5.48 Å². The van der Waals surface area contributed by atoms with E-state index in [4.69, 9.17) is 14.3 Å². The van der Waals surface area contributed by atoms with Gasteiger partial charge < -0.3 is 4.74 Å². The molecule has 0 unspecified atom stereocenters. The Morgan fingerprint density at radius 2 is 2.15 bits per heavy atom. The van der Waals surface area contributed by atoms with Crippen LogP contribution in [0.5, 0.6) is 0 Å². The van der Waals surface area contributed by atoms with Crippen LogP contribution in [0.4, 0.5) is 0 Å². The average molecular weight is 295 g/mol. The van der Waals surface area contributed by atoms with Crippen molar-refractivity contribution in [2.24, 2.45) is 0 Å². The number of esters is 1. The van der Waals surface area contributed by atoms with E-state index in [1.807, 2.05) is 17.5 Å². The van der Waals surface area contributed by atoms with Crippen molar-refractivity contribution >= 4 is 17.3 Å². The summed E-state index contributed by atoms with van der Waals surface area (Å²) in [6, 6.07) is 4.01. The van der Waals surface area contributed by atoms with Crippen LogP contribution in [0.2, 0.25) is 0 Å². The van der Waals surface area contributed by atoms with Crippen molar-refractivity contribution < 1.29 is 19.1 Å². The van der Waals surface area contributed by atoms with Crippen LogP contribution in [0.15, 0.2) is 17.5 Å². The van der Waals surface area contributed by atoms with E-state index in [9.17, 15) is 4.79 Å². The molecule has 2 saturated heterocycles. The van der Waals surface area contributed by atoms with Gasteiger partial charge in [0.25, 0.3) is 5.79 Å². The molecule has 1 saturated carbocycles. The van der Waals surface area contributed by atoms with Crippen LogP contribution < -0.4 is 5.48 Å². The van der Waals surface area contributed by atoms with Gasteiger partial charge in [-0.05, 0) is 24.3 Å². The van der Waals surface area contributed by atoms with E-state index in [1.54, 1.807) is 11.3 Å². The normalized spacial score (nSPS) is 35.8. The van der Waals surface area contributed by atoms with Crippen molar-refractivity contribution in [3.63, 3.8) is 0 Å². The van der Waals surface area contributed by atoms with Gasteiger partial charge in [0.15, 0.2) is 0 Å². The molecule has 2 atom stereocenters. The standard InChI is InChI=1S/C14H17NO4S/c16-12-14(18-13(17-12)6-2-1-3-7-13)9-10(15-19-14)11-5-4-8-20-11/h4-5,8,10,15H,1-3,6-7,9H2/t10-,14-/m1/s1. The van der Waals surface area contributed by atoms with E-state index in [0.29, 0.717) is 6.42 Å². The summed E-state index contributed by atoms with van der Waals surface area (Å²) in [5.74, 6) is -2.39. The number of carbonyl (C=O) groups is 1. The molecule has 1 aliphatic carbocycles. The van der Waals surface area contributed by atoms with E-state index in [1.165, 1.54) is 6.42 Å². The lowest BCUT2D eigenvalue weighted by molar-refractivity contribution is -0.270. The quantitative estimate of drug-likeness (QED) is 0.807. The van der Waals surface area contributed by atoms with E-state index >= 15 is 0 Å². The zero-order chi connectivity index (χ0) is 13.6. The fourth-order valence-electron chi connectivity index (χ4n) is 3.26. The summed E-state index contributed by atoms with van der Waals surface area (Å²) in [4.78, 5) is 19.0. The number of hydroxylamine groups is 1. The van der Waals surface area contributed by atoms with Gasteiger partial charge in [0, 0.05) is 24.1 Å². The zero-order valence-corrected chi connectivity index (χ0v) is 11.9. The van der Waals surface area contributed by atoms with E-state index in [-0.39, 0.29) is 12.0 Å². The first-order valence-corrected chi connectivity index (χ1v) is 8.00. The molecule has 0 bridgehead atoms. The van der Waals surface area contributed by atoms with Crippen molar-refractivity contribution in [2.45, 2.75) is 56.1 Å². The van der Waals surface area contributed by atoms with Gasteiger partial charge >= 0.3 is 5.97 Å². The maximum absolute atomic E-state index is 12.3. The van der Waals surface area contributed by atoms with Gasteiger partial charge in [-0.1, -0.05) is 12.5 Å². The number of ether oxygens (including phenoxy) is 2. The van der Waals surface area contributed by atoms with Crippen molar-refractivity contribution in [1.29, 1.82) is 0 Å². The van der Waals surface area contributed by atoms with Crippen LogP contribution in [0.25, 0.3) is 0 Å². The molecule has 6 heteroatoms. The Balaban J connectivity index is 1.55. The lowest BCUT2D eigenvalue weighted by Crippen LogP contribution is -2.39. The Morgan fingerprint density at radius 3 is 2.90 bits per heavy atom. The molecule has 108 valence electrons. The molecule has 3 aliphatic rings. The Labute approximate surface area is 121 Å². The molecule has 0 aromatic carbocycles. The number of thiophene rings is 1. The Bertz CT molecular complexity index is 511. The molecule has 0 amide bonds. The van der Waals surface area contributed by atoms with Crippen molar-refractivity contribution in [3.05, 3.63) is 22.4 Å². The summed E-state index contributed by atoms with van der Waals surface area (Å²) in [5.41, 5.74) is 2.93. The topological polar surface area (TPSA) is 56.8 Å². The van der Waals surface area contributed by atoms with Crippen LogP contribution >= 0.6 is 11.3 Å². The van der Waals surface area contributed by atoms with Crippen LogP contribution in [0, 0.1) is 0 Å². The summed E-state index contributed by atoms with van der Waals surface area (Å²) >= 11 is 1.64. The highest BCUT2D eigenvalue weighted by Crippen LogP contribution is 2.48. The molecule has 4 rings (SSSR count). The highest BCUT2D eigenvalue weighted by Gasteiger charge is 2.63. The molecule has 0 radical (unpaired) electrons. The minimum absolute atomic E-state index is 0.0127. The first-order chi connectivity index (χ1) is 9.72. The number of carbonyl (C=O) groups excluding carboxylic acids is 1. The van der Waals surface area contributed by atoms with Gasteiger partial charge in [0.1, 0.15) is 0 Å². The van der Waals surface area contributed by atoms with Gasteiger partial charge in [-0.15, -0.1) is 11.3 Å². The fourth-order valence-corrected chi connectivity index (χ4v) is 4.03. The van der Waals surface area contributed by atoms with Gasteiger partial charge in [0.05, 0.1) is 6.04 Å². The number of rotatable bonds is 1. The third-order valence-corrected chi connectivity index (χ3v) is 5.27. The zero-order valence-electron chi connectivity index (χ0n) is 11.1. The van der Waals surface area contributed by atoms with Gasteiger partial charge in [-0.3, -0.25) is 9.57 Å². The molecule has 2 aliphatic heterocycles. The highest BCUT2D eigenvalue weighted by atomic mass is 32.1. The predicted octanol–water partition coefficient (Wildman–Crippen LogP) is 2.64. The van der Waals surface area contributed by atoms with E-state index in [0.717, 1.165) is 30.6 Å². The molecule has 2 spiro atoms. The third-order valence-electron chi connectivity index (χ3n) is 4.28. The summed E-state index contributed by atoms with van der Waals surface area (Å²) in [5, 5.41) is 2.01. The lowest BCUT2D eigenvalue weighted by atomic mass is 9.94. The first kappa shape index (κ1) is 12.8. The van der Waals surface area contributed by atoms with Crippen molar-refractivity contribution in [1.82, 2.24) is 5.48 Å². The summed E-state index contributed by atoms with van der Waals surface area (Å²) in [7, 11) is 0. The number of hydrogen-bond donors (Lipinski definition) is 1. The van der Waals surface area contributed by atoms with Crippen LogP contribution in [0.1, 0.15) is 49.4 Å². The molecular weight excluding hydrogens is 278 g/mol. The fraction of sp³-hybridized carbons (Fsp3) is 0.643.